The molecule has 0 radical (unpaired) electrons. The Kier molecular flexibility index (Phi) is 6.04. The monoisotopic (exact) mass is 340 g/mol. The zero-order valence-corrected chi connectivity index (χ0v) is 14.5. The third kappa shape index (κ3) is 5.05. The highest BCUT2D eigenvalue weighted by Gasteiger charge is 2.26. The number of ether oxygens (including phenoxy) is 2. The number of likely N-dealkylation sites (N-methyl/N-ethyl adjacent to an activating group) is 1. The van der Waals surface area contributed by atoms with Crippen LogP contribution in [0.15, 0.2) is 54.6 Å². The van der Waals surface area contributed by atoms with E-state index < -0.39 is 6.10 Å². The van der Waals surface area contributed by atoms with Crippen LogP contribution < -0.4 is 10.1 Å². The van der Waals surface area contributed by atoms with Crippen LogP contribution >= 0.6 is 0 Å². The van der Waals surface area contributed by atoms with Crippen LogP contribution in [0.4, 0.5) is 0 Å². The molecule has 1 aliphatic heterocycles. The highest BCUT2D eigenvalue weighted by molar-refractivity contribution is 5.81. The average Bonchev–Trinajstić information content (AvgIpc) is 2.63. The van der Waals surface area contributed by atoms with Gasteiger partial charge in [-0.2, -0.15) is 0 Å². The lowest BCUT2D eigenvalue weighted by atomic mass is 10.1. The molecule has 1 heterocycles. The van der Waals surface area contributed by atoms with Crippen LogP contribution in [0.25, 0.3) is 0 Å². The van der Waals surface area contributed by atoms with Crippen molar-refractivity contribution >= 4 is 5.91 Å². The molecular weight excluding hydrogens is 316 g/mol. The number of nitrogens with zero attached hydrogens (tertiary/aromatic N) is 1. The summed E-state index contributed by atoms with van der Waals surface area (Å²) < 4.78 is 11.5. The van der Waals surface area contributed by atoms with Crippen LogP contribution in [0, 0.1) is 0 Å². The normalized spacial score (nSPS) is 17.9. The molecule has 3 rings (SSSR count). The second kappa shape index (κ2) is 8.65. The summed E-state index contributed by atoms with van der Waals surface area (Å²) in [6.45, 7) is 5.30. The van der Waals surface area contributed by atoms with E-state index in [1.165, 1.54) is 0 Å². The fourth-order valence-corrected chi connectivity index (χ4v) is 2.88. The molecule has 0 bridgehead atoms. The Morgan fingerprint density at radius 3 is 2.80 bits per heavy atom. The number of hydrogen-bond donors (Lipinski definition) is 1. The molecule has 5 heteroatoms. The summed E-state index contributed by atoms with van der Waals surface area (Å²) in [6, 6.07) is 17.8. The summed E-state index contributed by atoms with van der Waals surface area (Å²) in [5.74, 6) is 1.60. The van der Waals surface area contributed by atoms with E-state index in [4.69, 9.17) is 9.47 Å². The van der Waals surface area contributed by atoms with Crippen molar-refractivity contribution in [3.63, 3.8) is 0 Å². The lowest BCUT2D eigenvalue weighted by molar-refractivity contribution is -0.138. The van der Waals surface area contributed by atoms with E-state index in [1.807, 2.05) is 55.5 Å². The van der Waals surface area contributed by atoms with Gasteiger partial charge in [0.25, 0.3) is 0 Å². The van der Waals surface area contributed by atoms with E-state index in [0.29, 0.717) is 19.7 Å². The van der Waals surface area contributed by atoms with Gasteiger partial charge < -0.3 is 14.8 Å². The Balaban J connectivity index is 1.61. The molecule has 0 aromatic heterocycles. The average molecular weight is 340 g/mol. The third-order valence-corrected chi connectivity index (χ3v) is 4.08. The third-order valence-electron chi connectivity index (χ3n) is 4.08. The Bertz CT molecular complexity index is 690. The molecule has 1 fully saturated rings. The number of benzene rings is 2. The molecule has 132 valence electrons. The zero-order valence-electron chi connectivity index (χ0n) is 14.5. The second-order valence-electron chi connectivity index (χ2n) is 6.05. The molecule has 1 unspecified atom stereocenters. The first-order valence-corrected chi connectivity index (χ1v) is 8.68. The van der Waals surface area contributed by atoms with Crippen molar-refractivity contribution in [2.24, 2.45) is 0 Å². The molecular formula is C20H24N2O3. The van der Waals surface area contributed by atoms with Crippen LogP contribution in [0.2, 0.25) is 0 Å². The highest BCUT2D eigenvalue weighted by Crippen LogP contribution is 2.22. The van der Waals surface area contributed by atoms with Gasteiger partial charge in [0, 0.05) is 26.2 Å². The Labute approximate surface area is 148 Å². The van der Waals surface area contributed by atoms with Crippen LogP contribution in [-0.2, 0) is 16.1 Å². The van der Waals surface area contributed by atoms with E-state index in [1.54, 1.807) is 0 Å². The smallest absolute Gasteiger partial charge is 0.250 e. The standard InChI is InChI=1S/C20H24N2O3/c1-2-21-20(23)19-15-22(11-12-24-19)14-16-7-6-10-18(13-16)25-17-8-4-3-5-9-17/h3-10,13,19H,2,11-12,14-15H2,1H3,(H,21,23). The second-order valence-corrected chi connectivity index (χ2v) is 6.05. The number of carbonyl (C=O) groups excluding carboxylic acids is 1. The van der Waals surface area contributed by atoms with Gasteiger partial charge in [-0.15, -0.1) is 0 Å². The quantitative estimate of drug-likeness (QED) is 0.878. The van der Waals surface area contributed by atoms with E-state index in [2.05, 4.69) is 16.3 Å². The lowest BCUT2D eigenvalue weighted by Gasteiger charge is -2.32. The fourth-order valence-electron chi connectivity index (χ4n) is 2.88. The van der Waals surface area contributed by atoms with Crippen molar-refractivity contribution in [1.29, 1.82) is 0 Å². The number of rotatable bonds is 6. The number of morpholine rings is 1. The van der Waals surface area contributed by atoms with Gasteiger partial charge in [0.05, 0.1) is 6.61 Å². The molecule has 0 aliphatic carbocycles. The molecule has 1 saturated heterocycles. The number of carbonyl (C=O) groups is 1. The predicted molar refractivity (Wildman–Crippen MR) is 96.7 cm³/mol. The molecule has 1 atom stereocenters. The number of amides is 1. The van der Waals surface area contributed by atoms with Crippen LogP contribution in [0.5, 0.6) is 11.5 Å². The molecule has 25 heavy (non-hydrogen) atoms. The van der Waals surface area contributed by atoms with Crippen molar-refractivity contribution in [3.05, 3.63) is 60.2 Å². The van der Waals surface area contributed by atoms with Crippen LogP contribution in [0.3, 0.4) is 0 Å². The van der Waals surface area contributed by atoms with Gasteiger partial charge in [-0.3, -0.25) is 9.69 Å². The van der Waals surface area contributed by atoms with Crippen molar-refractivity contribution in [3.8, 4) is 11.5 Å². The maximum absolute atomic E-state index is 12.0. The summed E-state index contributed by atoms with van der Waals surface area (Å²) in [5, 5.41) is 2.83. The molecule has 0 spiro atoms. The van der Waals surface area contributed by atoms with Crippen LogP contribution in [-0.4, -0.2) is 43.2 Å². The van der Waals surface area contributed by atoms with E-state index in [-0.39, 0.29) is 5.91 Å². The van der Waals surface area contributed by atoms with Crippen molar-refractivity contribution in [2.45, 2.75) is 19.6 Å². The molecule has 1 amide bonds. The van der Waals surface area contributed by atoms with E-state index in [0.717, 1.165) is 30.2 Å². The SMILES string of the molecule is CCNC(=O)C1CN(Cc2cccc(Oc3ccccc3)c2)CCO1. The maximum Gasteiger partial charge on any atom is 0.250 e. The van der Waals surface area contributed by atoms with Gasteiger partial charge in [0.1, 0.15) is 17.6 Å². The van der Waals surface area contributed by atoms with Gasteiger partial charge in [0.2, 0.25) is 5.91 Å². The summed E-state index contributed by atoms with van der Waals surface area (Å²) in [6.07, 6.45) is -0.391. The van der Waals surface area contributed by atoms with Gasteiger partial charge in [-0.1, -0.05) is 30.3 Å². The lowest BCUT2D eigenvalue weighted by Crippen LogP contribution is -2.49. The first kappa shape index (κ1) is 17.5. The first-order valence-electron chi connectivity index (χ1n) is 8.68. The fraction of sp³-hybridized carbons (Fsp3) is 0.350. The number of para-hydroxylation sites is 1. The number of nitrogens with one attached hydrogen (secondary N) is 1. The van der Waals surface area contributed by atoms with E-state index in [9.17, 15) is 4.79 Å². The van der Waals surface area contributed by atoms with Gasteiger partial charge >= 0.3 is 0 Å². The summed E-state index contributed by atoms with van der Waals surface area (Å²) in [5.41, 5.74) is 1.16. The van der Waals surface area contributed by atoms with Gasteiger partial charge in [0.15, 0.2) is 0 Å². The summed E-state index contributed by atoms with van der Waals surface area (Å²) >= 11 is 0. The topological polar surface area (TPSA) is 50.8 Å². The van der Waals surface area contributed by atoms with Crippen LogP contribution in [0.1, 0.15) is 12.5 Å². The molecule has 1 N–H and O–H groups in total. The maximum atomic E-state index is 12.0. The molecule has 0 saturated carbocycles. The Morgan fingerprint density at radius 2 is 2.00 bits per heavy atom. The first-order chi connectivity index (χ1) is 12.2. The van der Waals surface area contributed by atoms with Gasteiger partial charge in [-0.25, -0.2) is 0 Å². The Morgan fingerprint density at radius 1 is 1.20 bits per heavy atom. The zero-order chi connectivity index (χ0) is 17.5. The largest absolute Gasteiger partial charge is 0.457 e. The molecule has 1 aliphatic rings. The highest BCUT2D eigenvalue weighted by atomic mass is 16.5. The van der Waals surface area contributed by atoms with Crippen molar-refractivity contribution in [2.75, 3.05) is 26.2 Å². The molecule has 2 aromatic carbocycles. The number of hydrogen-bond acceptors (Lipinski definition) is 4. The van der Waals surface area contributed by atoms with Crippen molar-refractivity contribution in [1.82, 2.24) is 10.2 Å². The van der Waals surface area contributed by atoms with Crippen molar-refractivity contribution < 1.29 is 14.3 Å². The van der Waals surface area contributed by atoms with E-state index >= 15 is 0 Å². The summed E-state index contributed by atoms with van der Waals surface area (Å²) in [4.78, 5) is 14.2. The molecule has 2 aromatic rings. The minimum absolute atomic E-state index is 0.0339. The summed E-state index contributed by atoms with van der Waals surface area (Å²) in [7, 11) is 0. The molecule has 5 nitrogen and oxygen atoms in total. The predicted octanol–water partition coefficient (Wildman–Crippen LogP) is 2.82. The minimum Gasteiger partial charge on any atom is -0.457 e. The minimum atomic E-state index is -0.391. The Hall–Kier alpha value is -2.37. The van der Waals surface area contributed by atoms with Gasteiger partial charge in [-0.05, 0) is 36.8 Å².